The number of hydrogen-bond acceptors (Lipinski definition) is 7. The number of fused-ring (bicyclic) bond motifs is 1. The zero-order valence-corrected chi connectivity index (χ0v) is 16.2. The Hall–Kier alpha value is -3.46. The maximum absolute atomic E-state index is 11.3. The molecule has 2 atom stereocenters. The molecule has 1 fully saturated rings. The Bertz CT molecular complexity index is 1110. The number of imidazole rings is 1. The van der Waals surface area contributed by atoms with Crippen LogP contribution in [0.1, 0.15) is 6.42 Å². The number of rotatable bonds is 4. The first-order valence-electron chi connectivity index (χ1n) is 9.26. The molecule has 0 saturated carbocycles. The van der Waals surface area contributed by atoms with Gasteiger partial charge in [-0.25, -0.2) is 9.13 Å². The van der Waals surface area contributed by atoms with Crippen molar-refractivity contribution in [3.8, 4) is 0 Å². The quantitative estimate of drug-likeness (QED) is 0.383. The minimum absolute atomic E-state index is 0.159. The Kier molecular flexibility index (Phi) is 4.67. The molecular formula is C20H22N6O3. The normalized spacial score (nSPS) is 19.5. The highest BCUT2D eigenvalue weighted by molar-refractivity contribution is 5.78. The topological polar surface area (TPSA) is 123 Å². The van der Waals surface area contributed by atoms with Crippen molar-refractivity contribution in [2.75, 3.05) is 17.2 Å². The van der Waals surface area contributed by atoms with Crippen LogP contribution in [-0.4, -0.2) is 34.3 Å². The van der Waals surface area contributed by atoms with E-state index in [1.54, 1.807) is 29.2 Å². The van der Waals surface area contributed by atoms with Crippen molar-refractivity contribution in [3.05, 3.63) is 42.5 Å². The summed E-state index contributed by atoms with van der Waals surface area (Å²) in [5.41, 5.74) is 9.83. The molecular weight excluding hydrogens is 372 g/mol. The third-order valence-corrected chi connectivity index (χ3v) is 5.31. The maximum atomic E-state index is 11.3. The first-order valence-corrected chi connectivity index (χ1v) is 9.26. The summed E-state index contributed by atoms with van der Waals surface area (Å²) < 4.78 is 3.85. The Morgan fingerprint density at radius 2 is 1.97 bits per heavy atom. The van der Waals surface area contributed by atoms with Crippen LogP contribution in [0.2, 0.25) is 0 Å². The van der Waals surface area contributed by atoms with E-state index in [0.717, 1.165) is 11.0 Å². The Morgan fingerprint density at radius 1 is 1.24 bits per heavy atom. The monoisotopic (exact) mass is 394 g/mol. The zero-order valence-electron chi connectivity index (χ0n) is 16.2. The van der Waals surface area contributed by atoms with E-state index in [9.17, 15) is 15.0 Å². The molecule has 4 rings (SSSR count). The molecule has 1 aliphatic heterocycles. The van der Waals surface area contributed by atoms with Gasteiger partial charge in [-0.2, -0.15) is 0 Å². The number of nitrogens with two attached hydrogens (primary N) is 1. The minimum atomic E-state index is -1.19. The lowest BCUT2D eigenvalue weighted by Crippen LogP contribution is -2.44. The summed E-state index contributed by atoms with van der Waals surface area (Å²) in [6.45, 7) is 0.258. The number of nitrogen functional groups attached to an aromatic ring is 1. The summed E-state index contributed by atoms with van der Waals surface area (Å²) in [5.74, 6) is -0.524. The second-order valence-corrected chi connectivity index (χ2v) is 7.26. The van der Waals surface area contributed by atoms with E-state index in [1.165, 1.54) is 0 Å². The number of aliphatic carboxylic acids is 1. The number of carbonyl (C=O) groups excluding carboxylic acids is 1. The SMILES string of the molecule is Cn1c(N=Nc2ccc(N3CC(O)CC3C(=O)[O-])cc2)[n+](C)c2ccc(N)cc21. The molecule has 3 N–H and O–H groups in total. The van der Waals surface area contributed by atoms with Crippen molar-refractivity contribution >= 4 is 40.0 Å². The first-order chi connectivity index (χ1) is 13.8. The van der Waals surface area contributed by atoms with Gasteiger partial charge in [-0.05, 0) is 36.4 Å². The molecule has 9 nitrogen and oxygen atoms in total. The van der Waals surface area contributed by atoms with Crippen LogP contribution in [0.25, 0.3) is 11.0 Å². The number of hydrogen-bond donors (Lipinski definition) is 2. The van der Waals surface area contributed by atoms with Gasteiger partial charge in [-0.1, -0.05) is 5.11 Å². The van der Waals surface area contributed by atoms with Gasteiger partial charge in [0, 0.05) is 35.5 Å². The summed E-state index contributed by atoms with van der Waals surface area (Å²) in [5, 5.41) is 29.8. The minimum Gasteiger partial charge on any atom is -0.548 e. The molecule has 29 heavy (non-hydrogen) atoms. The van der Waals surface area contributed by atoms with Crippen molar-refractivity contribution in [1.82, 2.24) is 4.57 Å². The van der Waals surface area contributed by atoms with Gasteiger partial charge in [0.25, 0.3) is 0 Å². The molecule has 2 aromatic carbocycles. The smallest absolute Gasteiger partial charge is 0.422 e. The fourth-order valence-corrected chi connectivity index (χ4v) is 3.80. The highest BCUT2D eigenvalue weighted by Gasteiger charge is 2.31. The number of anilines is 2. The van der Waals surface area contributed by atoms with Gasteiger partial charge in [-0.3, -0.25) is 0 Å². The average Bonchev–Trinajstić information content (AvgIpc) is 3.19. The fraction of sp³-hybridized carbons (Fsp3) is 0.300. The van der Waals surface area contributed by atoms with Crippen LogP contribution in [0.15, 0.2) is 52.7 Å². The van der Waals surface area contributed by atoms with E-state index in [1.807, 2.05) is 41.4 Å². The lowest BCUT2D eigenvalue weighted by Gasteiger charge is -2.27. The molecule has 0 aliphatic carbocycles. The highest BCUT2D eigenvalue weighted by atomic mass is 16.4. The number of aromatic nitrogens is 2. The number of aryl methyl sites for hydroxylation is 2. The van der Waals surface area contributed by atoms with Crippen molar-refractivity contribution in [2.24, 2.45) is 24.3 Å². The van der Waals surface area contributed by atoms with Crippen LogP contribution >= 0.6 is 0 Å². The number of carboxylic acid groups (broad SMARTS) is 1. The summed E-state index contributed by atoms with van der Waals surface area (Å²) in [4.78, 5) is 12.9. The largest absolute Gasteiger partial charge is 0.548 e. The number of aliphatic hydroxyl groups excluding tert-OH is 1. The van der Waals surface area contributed by atoms with Crippen LogP contribution < -0.4 is 20.3 Å². The molecule has 1 aromatic heterocycles. The van der Waals surface area contributed by atoms with Gasteiger partial charge in [0.2, 0.25) is 0 Å². The molecule has 1 aliphatic rings. The van der Waals surface area contributed by atoms with Gasteiger partial charge < -0.3 is 25.6 Å². The number of aliphatic hydroxyl groups is 1. The number of β-amino-alcohol motifs (C(OH)–C–C–N with tert-alkyl or cyclic N) is 1. The third kappa shape index (κ3) is 3.40. The van der Waals surface area contributed by atoms with E-state index >= 15 is 0 Å². The zero-order chi connectivity index (χ0) is 20.7. The lowest BCUT2D eigenvalue weighted by molar-refractivity contribution is -0.632. The van der Waals surface area contributed by atoms with Crippen LogP contribution in [0.3, 0.4) is 0 Å². The van der Waals surface area contributed by atoms with Crippen LogP contribution in [0.4, 0.5) is 23.0 Å². The molecule has 9 heteroatoms. The van der Waals surface area contributed by atoms with E-state index in [-0.39, 0.29) is 13.0 Å². The summed E-state index contributed by atoms with van der Waals surface area (Å²) in [6.07, 6.45) is -0.524. The highest BCUT2D eigenvalue weighted by Crippen LogP contribution is 2.28. The third-order valence-electron chi connectivity index (χ3n) is 5.31. The number of carbonyl (C=O) groups is 1. The van der Waals surface area contributed by atoms with Gasteiger partial charge in [-0.15, -0.1) is 0 Å². The molecule has 0 radical (unpaired) electrons. The number of azo groups is 1. The standard InChI is InChI=1S/C20H22N6O3/c1-24-16-8-3-12(21)9-17(16)25(2)20(24)23-22-13-4-6-14(7-5-13)26-11-15(27)10-18(26)19(28)29/h3-9,15,18,27H,10-11H2,1-2H3,(H2-,21,22,28,29). The van der Waals surface area contributed by atoms with E-state index in [0.29, 0.717) is 23.0 Å². The molecule has 0 bridgehead atoms. The van der Waals surface area contributed by atoms with Crippen molar-refractivity contribution in [2.45, 2.75) is 18.6 Å². The van der Waals surface area contributed by atoms with Gasteiger partial charge in [0.05, 0.1) is 32.2 Å². The van der Waals surface area contributed by atoms with Gasteiger partial charge in [0.1, 0.15) is 16.7 Å². The molecule has 2 unspecified atom stereocenters. The van der Waals surface area contributed by atoms with Crippen molar-refractivity contribution in [3.63, 3.8) is 0 Å². The van der Waals surface area contributed by atoms with Gasteiger partial charge in [0.15, 0.2) is 0 Å². The van der Waals surface area contributed by atoms with Crippen molar-refractivity contribution < 1.29 is 19.6 Å². The Morgan fingerprint density at radius 3 is 2.66 bits per heavy atom. The second kappa shape index (κ2) is 7.17. The Balaban J connectivity index is 1.59. The van der Waals surface area contributed by atoms with E-state index in [4.69, 9.17) is 5.73 Å². The summed E-state index contributed by atoms with van der Waals surface area (Å²) in [6, 6.07) is 11.9. The predicted octanol–water partition coefficient (Wildman–Crippen LogP) is 0.690. The van der Waals surface area contributed by atoms with Crippen LogP contribution in [-0.2, 0) is 18.9 Å². The summed E-state index contributed by atoms with van der Waals surface area (Å²) >= 11 is 0. The molecule has 0 spiro atoms. The fourth-order valence-electron chi connectivity index (χ4n) is 3.80. The molecule has 2 heterocycles. The van der Waals surface area contributed by atoms with Crippen molar-refractivity contribution in [1.29, 1.82) is 0 Å². The second-order valence-electron chi connectivity index (χ2n) is 7.26. The van der Waals surface area contributed by atoms with Gasteiger partial charge >= 0.3 is 5.95 Å². The maximum Gasteiger partial charge on any atom is 0.422 e. The first kappa shape index (κ1) is 18.9. The summed E-state index contributed by atoms with van der Waals surface area (Å²) in [7, 11) is 3.81. The Labute approximate surface area is 167 Å². The lowest BCUT2D eigenvalue weighted by atomic mass is 10.2. The number of benzene rings is 2. The number of carboxylic acids is 1. The average molecular weight is 394 g/mol. The number of nitrogens with zero attached hydrogens (tertiary/aromatic N) is 5. The van der Waals surface area contributed by atoms with Crippen LogP contribution in [0.5, 0.6) is 0 Å². The molecule has 150 valence electrons. The molecule has 3 aromatic rings. The van der Waals surface area contributed by atoms with Crippen LogP contribution in [0, 0.1) is 0 Å². The van der Waals surface area contributed by atoms with E-state index < -0.39 is 18.1 Å². The molecule has 1 saturated heterocycles. The molecule has 0 amide bonds. The van der Waals surface area contributed by atoms with E-state index in [2.05, 4.69) is 10.2 Å². The predicted molar refractivity (Wildman–Crippen MR) is 106 cm³/mol.